The first-order valence-corrected chi connectivity index (χ1v) is 9.42. The summed E-state index contributed by atoms with van der Waals surface area (Å²) >= 11 is 0. The van der Waals surface area contributed by atoms with Gasteiger partial charge in [-0.3, -0.25) is 0 Å². The van der Waals surface area contributed by atoms with Gasteiger partial charge in [-0.05, 0) is 62.2 Å². The normalized spacial score (nSPS) is 53.7. The lowest BCUT2D eigenvalue weighted by Gasteiger charge is -2.56. The third-order valence-corrected chi connectivity index (χ3v) is 8.10. The lowest BCUT2D eigenvalue weighted by atomic mass is 9.49. The third kappa shape index (κ3) is 1.75. The van der Waals surface area contributed by atoms with E-state index in [0.29, 0.717) is 5.92 Å². The summed E-state index contributed by atoms with van der Waals surface area (Å²) in [4.78, 5) is 0. The van der Waals surface area contributed by atoms with Crippen LogP contribution in [0.4, 0.5) is 0 Å². The van der Waals surface area contributed by atoms with Crippen LogP contribution in [0.15, 0.2) is 0 Å². The maximum Gasteiger partial charge on any atom is 0.233 e. The molecule has 0 aromatic rings. The molecule has 4 bridgehead atoms. The van der Waals surface area contributed by atoms with Crippen molar-refractivity contribution in [2.75, 3.05) is 6.54 Å². The molecule has 0 radical (unpaired) electrons. The minimum absolute atomic E-state index is 0.115. The van der Waals surface area contributed by atoms with E-state index >= 15 is 0 Å². The highest BCUT2D eigenvalue weighted by Crippen LogP contribution is 2.65. The SMILES string of the molecule is CC(C)CN1C(C23CC4CC(CC(C4)C2)C3)S1(=O)=O. The van der Waals surface area contributed by atoms with Gasteiger partial charge in [0, 0.05) is 12.0 Å². The molecule has 19 heavy (non-hydrogen) atoms. The summed E-state index contributed by atoms with van der Waals surface area (Å²) in [6.07, 6.45) is 7.73. The summed E-state index contributed by atoms with van der Waals surface area (Å²) in [5.41, 5.74) is 0.141. The van der Waals surface area contributed by atoms with E-state index in [4.69, 9.17) is 0 Å². The summed E-state index contributed by atoms with van der Waals surface area (Å²) in [6, 6.07) is 0. The molecule has 1 aliphatic heterocycles. The van der Waals surface area contributed by atoms with Crippen LogP contribution in [-0.2, 0) is 10.0 Å². The molecular formula is C15H25NO2S. The number of nitrogens with zero attached hydrogens (tertiary/aromatic N) is 1. The highest BCUT2D eigenvalue weighted by atomic mass is 32.2. The van der Waals surface area contributed by atoms with Crippen LogP contribution in [0.25, 0.3) is 0 Å². The van der Waals surface area contributed by atoms with Crippen molar-refractivity contribution in [1.82, 2.24) is 4.31 Å². The molecule has 0 spiro atoms. The van der Waals surface area contributed by atoms with Gasteiger partial charge in [0.1, 0.15) is 5.37 Å². The van der Waals surface area contributed by atoms with Crippen molar-refractivity contribution in [1.29, 1.82) is 0 Å². The molecule has 0 amide bonds. The predicted octanol–water partition coefficient (Wildman–Crippen LogP) is 2.83. The van der Waals surface area contributed by atoms with Gasteiger partial charge in [-0.25, -0.2) is 8.42 Å². The van der Waals surface area contributed by atoms with Crippen molar-refractivity contribution in [2.24, 2.45) is 29.1 Å². The molecule has 4 saturated carbocycles. The van der Waals surface area contributed by atoms with E-state index in [1.165, 1.54) is 38.5 Å². The molecule has 5 aliphatic rings. The smallest absolute Gasteiger partial charge is 0.210 e. The Balaban J connectivity index is 1.63. The average molecular weight is 283 g/mol. The van der Waals surface area contributed by atoms with Gasteiger partial charge in [0.15, 0.2) is 0 Å². The summed E-state index contributed by atoms with van der Waals surface area (Å²) in [5, 5.41) is -0.115. The van der Waals surface area contributed by atoms with Gasteiger partial charge >= 0.3 is 0 Å². The van der Waals surface area contributed by atoms with E-state index < -0.39 is 10.0 Å². The molecule has 108 valence electrons. The Morgan fingerprint density at radius 1 is 1.05 bits per heavy atom. The molecule has 2 unspecified atom stereocenters. The fourth-order valence-electron chi connectivity index (χ4n) is 5.90. The van der Waals surface area contributed by atoms with Crippen LogP contribution in [0.3, 0.4) is 0 Å². The summed E-state index contributed by atoms with van der Waals surface area (Å²) in [6.45, 7) is 4.96. The monoisotopic (exact) mass is 283 g/mol. The number of hydrogen-bond acceptors (Lipinski definition) is 2. The molecule has 0 aromatic heterocycles. The number of hydrogen-bond donors (Lipinski definition) is 0. The van der Waals surface area contributed by atoms with E-state index in [1.807, 2.05) is 4.31 Å². The highest BCUT2D eigenvalue weighted by Gasteiger charge is 2.68. The molecule has 5 fully saturated rings. The Hall–Kier alpha value is -0.0900. The molecule has 1 heterocycles. The van der Waals surface area contributed by atoms with E-state index in [1.54, 1.807) is 0 Å². The van der Waals surface area contributed by atoms with Crippen molar-refractivity contribution in [3.8, 4) is 0 Å². The zero-order chi connectivity index (χ0) is 13.4. The van der Waals surface area contributed by atoms with E-state index in [0.717, 1.165) is 24.3 Å². The first-order chi connectivity index (χ1) is 8.91. The van der Waals surface area contributed by atoms with Crippen LogP contribution in [-0.4, -0.2) is 24.6 Å². The summed E-state index contributed by atoms with van der Waals surface area (Å²) in [7, 11) is -2.92. The van der Waals surface area contributed by atoms with E-state index in [9.17, 15) is 8.42 Å². The fraction of sp³-hybridized carbons (Fsp3) is 1.00. The van der Waals surface area contributed by atoms with E-state index in [-0.39, 0.29) is 10.8 Å². The molecule has 2 atom stereocenters. The number of sulfonamides is 1. The minimum atomic E-state index is -2.92. The quantitative estimate of drug-likeness (QED) is 0.747. The van der Waals surface area contributed by atoms with Crippen molar-refractivity contribution in [2.45, 2.75) is 57.7 Å². The molecule has 1 saturated heterocycles. The Kier molecular flexibility index (Phi) is 2.50. The van der Waals surface area contributed by atoms with Crippen LogP contribution in [0, 0.1) is 29.1 Å². The second kappa shape index (κ2) is 3.76. The van der Waals surface area contributed by atoms with Crippen molar-refractivity contribution in [3.63, 3.8) is 0 Å². The average Bonchev–Trinajstić information content (AvgIpc) is 2.77. The summed E-state index contributed by atoms with van der Waals surface area (Å²) < 4.78 is 26.6. The predicted molar refractivity (Wildman–Crippen MR) is 74.9 cm³/mol. The van der Waals surface area contributed by atoms with E-state index in [2.05, 4.69) is 13.8 Å². The molecule has 4 aliphatic carbocycles. The molecule has 0 N–H and O–H groups in total. The molecule has 5 rings (SSSR count). The van der Waals surface area contributed by atoms with Crippen molar-refractivity contribution >= 4 is 10.0 Å². The maximum atomic E-state index is 12.4. The second-order valence-electron chi connectivity index (χ2n) is 8.14. The molecular weight excluding hydrogens is 258 g/mol. The van der Waals surface area contributed by atoms with Gasteiger partial charge < -0.3 is 0 Å². The largest absolute Gasteiger partial charge is 0.233 e. The van der Waals surface area contributed by atoms with Gasteiger partial charge in [-0.1, -0.05) is 13.8 Å². The van der Waals surface area contributed by atoms with Crippen LogP contribution in [0.2, 0.25) is 0 Å². The van der Waals surface area contributed by atoms with Crippen molar-refractivity contribution in [3.05, 3.63) is 0 Å². The van der Waals surface area contributed by atoms with Gasteiger partial charge in [0.05, 0.1) is 0 Å². The van der Waals surface area contributed by atoms with Gasteiger partial charge in [0.25, 0.3) is 0 Å². The lowest BCUT2D eigenvalue weighted by molar-refractivity contribution is -0.0583. The van der Waals surface area contributed by atoms with Crippen LogP contribution < -0.4 is 0 Å². The van der Waals surface area contributed by atoms with Gasteiger partial charge in [0.2, 0.25) is 10.0 Å². The maximum absolute atomic E-state index is 12.4. The number of rotatable bonds is 3. The Morgan fingerprint density at radius 2 is 1.53 bits per heavy atom. The standard InChI is InChI=1S/C15H25NO2S/c1-10(2)9-16-14(19(16,17)18)15-6-11-3-12(7-15)5-13(4-11)8-15/h10-14H,3-9H2,1-2H3. The Morgan fingerprint density at radius 3 is 1.95 bits per heavy atom. The molecule has 3 nitrogen and oxygen atoms in total. The lowest BCUT2D eigenvalue weighted by Crippen LogP contribution is -2.49. The zero-order valence-corrected chi connectivity index (χ0v) is 12.8. The topological polar surface area (TPSA) is 37.1 Å². The second-order valence-corrected chi connectivity index (χ2v) is 10.1. The fourth-order valence-corrected chi connectivity index (χ4v) is 8.33. The minimum Gasteiger partial charge on any atom is -0.210 e. The first kappa shape index (κ1) is 12.6. The van der Waals surface area contributed by atoms with Gasteiger partial charge in [-0.2, -0.15) is 4.31 Å². The zero-order valence-electron chi connectivity index (χ0n) is 12.0. The Bertz CT molecular complexity index is 461. The van der Waals surface area contributed by atoms with Gasteiger partial charge in [-0.15, -0.1) is 0 Å². The van der Waals surface area contributed by atoms with Crippen molar-refractivity contribution < 1.29 is 8.42 Å². The third-order valence-electron chi connectivity index (χ3n) is 5.98. The Labute approximate surface area is 116 Å². The molecule has 4 heteroatoms. The van der Waals surface area contributed by atoms with Crippen LogP contribution in [0.1, 0.15) is 52.4 Å². The van der Waals surface area contributed by atoms with Crippen LogP contribution >= 0.6 is 0 Å². The first-order valence-electron chi connectivity index (χ1n) is 7.91. The highest BCUT2D eigenvalue weighted by molar-refractivity contribution is 7.96. The molecule has 0 aromatic carbocycles. The van der Waals surface area contributed by atoms with Crippen LogP contribution in [0.5, 0.6) is 0 Å². The summed E-state index contributed by atoms with van der Waals surface area (Å²) in [5.74, 6) is 2.95.